The minimum atomic E-state index is -2.86. The predicted octanol–water partition coefficient (Wildman–Crippen LogP) is 6.64. The number of piperazine rings is 1. The molecular weight excluding hydrogens is 579 g/mol. The molecule has 230 valence electrons. The molecule has 1 saturated carbocycles. The normalized spacial score (nSPS) is 22.7. The lowest BCUT2D eigenvalue weighted by molar-refractivity contribution is 0.0512. The molecule has 3 atom stereocenters. The van der Waals surface area contributed by atoms with Crippen molar-refractivity contribution in [2.45, 2.75) is 44.8 Å². The summed E-state index contributed by atoms with van der Waals surface area (Å²) < 4.78 is 48.0. The Hall–Kier alpha value is -3.24. The topological polar surface area (TPSA) is 53.8 Å². The lowest BCUT2D eigenvalue weighted by atomic mass is 9.99. The largest absolute Gasteiger partial charge is 0.462 e. The number of rotatable bonds is 9. The van der Waals surface area contributed by atoms with Gasteiger partial charge in [-0.15, -0.1) is 0 Å². The van der Waals surface area contributed by atoms with E-state index in [4.69, 9.17) is 16.3 Å². The summed E-state index contributed by atoms with van der Waals surface area (Å²) >= 11 is 6.47. The van der Waals surface area contributed by atoms with Crippen molar-refractivity contribution in [3.63, 3.8) is 0 Å². The number of carbonyl (C=O) groups is 1. The SMILES string of the molecule is CCOC(=O)c1cnn(C2CCCN(c3cc(Cl)ccc3-c3ccc(N4CCN(C[C@H]5C[C@H]5F)CC4)cc3)C2)c1C(F)F. The molecule has 1 aliphatic carbocycles. The second-order valence-corrected chi connectivity index (χ2v) is 12.1. The number of anilines is 2. The van der Waals surface area contributed by atoms with Crippen molar-refractivity contribution in [2.75, 3.05) is 62.2 Å². The molecule has 0 N–H and O–H groups in total. The highest BCUT2D eigenvalue weighted by atomic mass is 35.5. The number of halogens is 4. The maximum atomic E-state index is 14.2. The molecule has 1 unspecified atom stereocenters. The van der Waals surface area contributed by atoms with E-state index >= 15 is 0 Å². The zero-order valence-corrected chi connectivity index (χ0v) is 25.0. The fourth-order valence-electron chi connectivity index (χ4n) is 6.40. The van der Waals surface area contributed by atoms with Crippen LogP contribution in [0.15, 0.2) is 48.7 Å². The summed E-state index contributed by atoms with van der Waals surface area (Å²) in [5.74, 6) is -0.560. The quantitative estimate of drug-likeness (QED) is 0.252. The first-order valence-corrected chi connectivity index (χ1v) is 15.5. The minimum Gasteiger partial charge on any atom is -0.462 e. The van der Waals surface area contributed by atoms with E-state index in [1.165, 1.54) is 10.9 Å². The average molecular weight is 616 g/mol. The summed E-state index contributed by atoms with van der Waals surface area (Å²) in [6.45, 7) is 7.49. The Balaban J connectivity index is 1.19. The van der Waals surface area contributed by atoms with Crippen LogP contribution in [0.4, 0.5) is 24.5 Å². The van der Waals surface area contributed by atoms with Gasteiger partial charge in [-0.05, 0) is 56.0 Å². The monoisotopic (exact) mass is 615 g/mol. The van der Waals surface area contributed by atoms with Gasteiger partial charge in [-0.25, -0.2) is 18.0 Å². The molecule has 3 aliphatic rings. The van der Waals surface area contributed by atoms with Crippen LogP contribution in [-0.4, -0.2) is 79.2 Å². The van der Waals surface area contributed by atoms with Crippen LogP contribution in [-0.2, 0) is 4.74 Å². The average Bonchev–Trinajstić information content (AvgIpc) is 3.51. The number of carbonyl (C=O) groups excluding carboxylic acids is 1. The van der Waals surface area contributed by atoms with Gasteiger partial charge in [0.05, 0.1) is 18.8 Å². The Kier molecular flexibility index (Phi) is 8.86. The summed E-state index contributed by atoms with van der Waals surface area (Å²) in [5, 5.41) is 4.82. The maximum Gasteiger partial charge on any atom is 0.341 e. The highest BCUT2D eigenvalue weighted by Crippen LogP contribution is 2.39. The van der Waals surface area contributed by atoms with Crippen molar-refractivity contribution < 1.29 is 22.7 Å². The van der Waals surface area contributed by atoms with Gasteiger partial charge in [-0.2, -0.15) is 5.10 Å². The number of piperidine rings is 1. The fourth-order valence-corrected chi connectivity index (χ4v) is 6.57. The number of alkyl halides is 3. The molecule has 0 spiro atoms. The number of aromatic nitrogens is 2. The van der Waals surface area contributed by atoms with E-state index in [0.29, 0.717) is 24.4 Å². The molecule has 11 heteroatoms. The van der Waals surface area contributed by atoms with Crippen molar-refractivity contribution in [2.24, 2.45) is 5.92 Å². The Bertz CT molecular complexity index is 1430. The van der Waals surface area contributed by atoms with Gasteiger partial charge in [0.1, 0.15) is 17.4 Å². The Morgan fingerprint density at radius 2 is 1.81 bits per heavy atom. The molecule has 2 aliphatic heterocycles. The highest BCUT2D eigenvalue weighted by molar-refractivity contribution is 6.31. The van der Waals surface area contributed by atoms with E-state index in [-0.39, 0.29) is 24.1 Å². The third-order valence-corrected chi connectivity index (χ3v) is 9.06. The molecule has 1 aromatic heterocycles. The standard InChI is InChI=1S/C32H37ClF3N5O2/c1-2-43-32(42)27-18-37-41(30(27)31(35)36)25-4-3-11-40(20-25)29-17-23(33)7-10-26(29)21-5-8-24(9-6-21)39-14-12-38(13-15-39)19-22-16-28(22)34/h5-10,17-18,22,25,28,31H,2-4,11-16,19-20H2,1H3/t22-,25?,28-/m1/s1. The number of ether oxygens (including phenoxy) is 1. The molecular formula is C32H37ClF3N5O2. The molecule has 3 heterocycles. The zero-order valence-electron chi connectivity index (χ0n) is 24.3. The van der Waals surface area contributed by atoms with Gasteiger partial charge in [-0.3, -0.25) is 9.58 Å². The highest BCUT2D eigenvalue weighted by Gasteiger charge is 2.39. The molecule has 0 amide bonds. The molecule has 0 radical (unpaired) electrons. The summed E-state index contributed by atoms with van der Waals surface area (Å²) in [6, 6.07) is 13.9. The van der Waals surface area contributed by atoms with E-state index in [1.807, 2.05) is 18.2 Å². The second kappa shape index (κ2) is 12.8. The molecule has 2 saturated heterocycles. The molecule has 0 bridgehead atoms. The Labute approximate surface area is 255 Å². The Morgan fingerprint density at radius 3 is 2.49 bits per heavy atom. The van der Waals surface area contributed by atoms with E-state index in [2.05, 4.69) is 44.1 Å². The molecule has 2 aromatic carbocycles. The number of benzene rings is 2. The van der Waals surface area contributed by atoms with Crippen molar-refractivity contribution >= 4 is 28.9 Å². The van der Waals surface area contributed by atoms with Crippen LogP contribution in [0.5, 0.6) is 0 Å². The molecule has 6 rings (SSSR count). The molecule has 3 fully saturated rings. The van der Waals surface area contributed by atoms with Crippen LogP contribution in [0.1, 0.15) is 54.7 Å². The molecule has 3 aromatic rings. The third kappa shape index (κ3) is 6.50. The first kappa shape index (κ1) is 29.8. The van der Waals surface area contributed by atoms with Gasteiger partial charge in [-0.1, -0.05) is 29.8 Å². The Morgan fingerprint density at radius 1 is 1.07 bits per heavy atom. The van der Waals surface area contributed by atoms with Crippen molar-refractivity contribution in [1.82, 2.24) is 14.7 Å². The third-order valence-electron chi connectivity index (χ3n) is 8.82. The molecule has 7 nitrogen and oxygen atoms in total. The van der Waals surface area contributed by atoms with E-state index in [0.717, 1.165) is 68.2 Å². The van der Waals surface area contributed by atoms with Crippen molar-refractivity contribution in [3.05, 3.63) is 64.9 Å². The van der Waals surface area contributed by atoms with Crippen LogP contribution < -0.4 is 9.80 Å². The smallest absolute Gasteiger partial charge is 0.341 e. The van der Waals surface area contributed by atoms with E-state index < -0.39 is 24.3 Å². The van der Waals surface area contributed by atoms with E-state index in [1.54, 1.807) is 6.92 Å². The maximum absolute atomic E-state index is 14.2. The molecule has 43 heavy (non-hydrogen) atoms. The second-order valence-electron chi connectivity index (χ2n) is 11.7. The van der Waals surface area contributed by atoms with Gasteiger partial charge in [0.25, 0.3) is 6.43 Å². The number of hydrogen-bond acceptors (Lipinski definition) is 6. The minimum absolute atomic E-state index is 0.0986. The number of nitrogens with zero attached hydrogens (tertiary/aromatic N) is 5. The summed E-state index contributed by atoms with van der Waals surface area (Å²) in [6.07, 6.45) is -0.135. The summed E-state index contributed by atoms with van der Waals surface area (Å²) in [7, 11) is 0. The lowest BCUT2D eigenvalue weighted by Gasteiger charge is -2.37. The van der Waals surface area contributed by atoms with Gasteiger partial charge in [0.2, 0.25) is 0 Å². The summed E-state index contributed by atoms with van der Waals surface area (Å²) in [4.78, 5) is 19.2. The van der Waals surface area contributed by atoms with Crippen LogP contribution >= 0.6 is 11.6 Å². The fraction of sp³-hybridized carbons (Fsp3) is 0.500. The first-order chi connectivity index (χ1) is 20.8. The van der Waals surface area contributed by atoms with Crippen molar-refractivity contribution in [1.29, 1.82) is 0 Å². The van der Waals surface area contributed by atoms with Crippen molar-refractivity contribution in [3.8, 4) is 11.1 Å². The number of esters is 1. The number of hydrogen-bond donors (Lipinski definition) is 0. The van der Waals surface area contributed by atoms with Crippen LogP contribution in [0, 0.1) is 5.92 Å². The summed E-state index contributed by atoms with van der Waals surface area (Å²) in [5.41, 5.74) is 3.55. The predicted molar refractivity (Wildman–Crippen MR) is 162 cm³/mol. The van der Waals surface area contributed by atoms with E-state index in [9.17, 15) is 18.0 Å². The van der Waals surface area contributed by atoms with Gasteiger partial charge in [0, 0.05) is 73.7 Å². The zero-order chi connectivity index (χ0) is 30.1. The lowest BCUT2D eigenvalue weighted by Crippen LogP contribution is -2.47. The first-order valence-electron chi connectivity index (χ1n) is 15.1. The van der Waals surface area contributed by atoms with Crippen LogP contribution in [0.2, 0.25) is 5.02 Å². The van der Waals surface area contributed by atoms with Gasteiger partial charge in [0.15, 0.2) is 0 Å². The van der Waals surface area contributed by atoms with Gasteiger partial charge >= 0.3 is 5.97 Å². The van der Waals surface area contributed by atoms with Crippen LogP contribution in [0.3, 0.4) is 0 Å². The van der Waals surface area contributed by atoms with Gasteiger partial charge < -0.3 is 14.5 Å². The van der Waals surface area contributed by atoms with Crippen LogP contribution in [0.25, 0.3) is 11.1 Å².